The quantitative estimate of drug-likeness (QED) is 0.811. The molecule has 2 unspecified atom stereocenters. The van der Waals surface area contributed by atoms with Crippen molar-refractivity contribution >= 4 is 0 Å². The zero-order chi connectivity index (χ0) is 16.8. The zero-order valence-electron chi connectivity index (χ0n) is 13.5. The molecule has 0 heterocycles. The molecule has 0 radical (unpaired) electrons. The van der Waals surface area contributed by atoms with E-state index in [0.717, 1.165) is 11.1 Å². The number of nitrogens with zero attached hydrogens (tertiary/aromatic N) is 2. The summed E-state index contributed by atoms with van der Waals surface area (Å²) in [6, 6.07) is 23.8. The lowest BCUT2D eigenvalue weighted by Crippen LogP contribution is -2.32. The lowest BCUT2D eigenvalue weighted by atomic mass is 9.83. The predicted octanol–water partition coefficient (Wildman–Crippen LogP) is 3.97. The maximum absolute atomic E-state index is 9.55. The van der Waals surface area contributed by atoms with Crippen LogP contribution in [0.1, 0.15) is 25.0 Å². The van der Waals surface area contributed by atoms with E-state index in [2.05, 4.69) is 12.1 Å². The van der Waals surface area contributed by atoms with Crippen LogP contribution in [0.15, 0.2) is 60.7 Å². The minimum absolute atomic E-state index is 0.248. The Balaban J connectivity index is 2.09. The first-order valence-corrected chi connectivity index (χ1v) is 7.55. The van der Waals surface area contributed by atoms with Crippen molar-refractivity contribution in [1.82, 2.24) is 0 Å². The number of rotatable bonds is 6. The molecule has 0 amide bonds. The number of nitriles is 2. The Kier molecular flexibility index (Phi) is 5.16. The van der Waals surface area contributed by atoms with E-state index in [-0.39, 0.29) is 13.2 Å². The minimum Gasteiger partial charge on any atom is -0.377 e. The molecule has 23 heavy (non-hydrogen) atoms. The molecule has 116 valence electrons. The van der Waals surface area contributed by atoms with Crippen molar-refractivity contribution in [2.45, 2.75) is 24.7 Å². The van der Waals surface area contributed by atoms with Crippen molar-refractivity contribution in [1.29, 1.82) is 10.5 Å². The van der Waals surface area contributed by atoms with Crippen LogP contribution in [0.5, 0.6) is 0 Å². The molecule has 2 aromatic rings. The maximum atomic E-state index is 9.55. The van der Waals surface area contributed by atoms with Gasteiger partial charge in [0.1, 0.15) is 10.8 Å². The van der Waals surface area contributed by atoms with Crippen LogP contribution in [-0.2, 0) is 15.6 Å². The van der Waals surface area contributed by atoms with Crippen LogP contribution in [0.3, 0.4) is 0 Å². The molecule has 3 nitrogen and oxygen atoms in total. The monoisotopic (exact) mass is 304 g/mol. The van der Waals surface area contributed by atoms with Gasteiger partial charge in [-0.05, 0) is 25.0 Å². The molecular weight excluding hydrogens is 284 g/mol. The van der Waals surface area contributed by atoms with E-state index in [0.29, 0.717) is 0 Å². The Morgan fingerprint density at radius 3 is 1.39 bits per heavy atom. The highest BCUT2D eigenvalue weighted by molar-refractivity contribution is 5.32. The van der Waals surface area contributed by atoms with Gasteiger partial charge < -0.3 is 4.74 Å². The molecule has 2 rings (SSSR count). The molecule has 0 spiro atoms. The van der Waals surface area contributed by atoms with Gasteiger partial charge in [0.25, 0.3) is 0 Å². The Morgan fingerprint density at radius 1 is 0.739 bits per heavy atom. The normalized spacial score (nSPS) is 15.7. The molecule has 2 atom stereocenters. The van der Waals surface area contributed by atoms with Crippen molar-refractivity contribution in [3.8, 4) is 12.1 Å². The van der Waals surface area contributed by atoms with Gasteiger partial charge in [0.05, 0.1) is 25.4 Å². The number of benzene rings is 2. The number of ether oxygens (including phenoxy) is 1. The summed E-state index contributed by atoms with van der Waals surface area (Å²) in [7, 11) is 0. The first kappa shape index (κ1) is 16.7. The summed E-state index contributed by atoms with van der Waals surface area (Å²) in [6.45, 7) is 4.21. The summed E-state index contributed by atoms with van der Waals surface area (Å²) in [5, 5.41) is 19.1. The lowest BCUT2D eigenvalue weighted by Gasteiger charge is -2.26. The first-order chi connectivity index (χ1) is 11.0. The molecular formula is C20H20N2O. The van der Waals surface area contributed by atoms with Crippen LogP contribution in [0.25, 0.3) is 0 Å². The fourth-order valence-electron chi connectivity index (χ4n) is 2.43. The van der Waals surface area contributed by atoms with Gasteiger partial charge in [-0.25, -0.2) is 0 Å². The van der Waals surface area contributed by atoms with Crippen LogP contribution in [-0.4, -0.2) is 13.2 Å². The van der Waals surface area contributed by atoms with Crippen molar-refractivity contribution < 1.29 is 4.74 Å². The van der Waals surface area contributed by atoms with Crippen molar-refractivity contribution in [2.24, 2.45) is 0 Å². The lowest BCUT2D eigenvalue weighted by molar-refractivity contribution is 0.0817. The van der Waals surface area contributed by atoms with Crippen molar-refractivity contribution in [2.75, 3.05) is 13.2 Å². The summed E-state index contributed by atoms with van der Waals surface area (Å²) < 4.78 is 5.81. The van der Waals surface area contributed by atoms with Gasteiger partial charge >= 0.3 is 0 Å². The average Bonchev–Trinajstić information content (AvgIpc) is 2.63. The second kappa shape index (κ2) is 7.09. The van der Waals surface area contributed by atoms with Gasteiger partial charge in [-0.2, -0.15) is 10.5 Å². The van der Waals surface area contributed by atoms with Crippen LogP contribution in [0, 0.1) is 22.7 Å². The van der Waals surface area contributed by atoms with Crippen molar-refractivity contribution in [3.63, 3.8) is 0 Å². The minimum atomic E-state index is -0.728. The predicted molar refractivity (Wildman–Crippen MR) is 89.6 cm³/mol. The number of hydrogen-bond donors (Lipinski definition) is 0. The van der Waals surface area contributed by atoms with Gasteiger partial charge in [-0.3, -0.25) is 0 Å². The maximum Gasteiger partial charge on any atom is 0.103 e. The highest BCUT2D eigenvalue weighted by atomic mass is 16.5. The second-order valence-corrected chi connectivity index (χ2v) is 6.11. The largest absolute Gasteiger partial charge is 0.377 e. The molecule has 0 aliphatic heterocycles. The van der Waals surface area contributed by atoms with E-state index in [1.807, 2.05) is 74.5 Å². The topological polar surface area (TPSA) is 56.8 Å². The first-order valence-electron chi connectivity index (χ1n) is 7.55. The molecule has 0 aliphatic carbocycles. The number of hydrogen-bond acceptors (Lipinski definition) is 3. The van der Waals surface area contributed by atoms with E-state index in [4.69, 9.17) is 4.74 Å². The third-order valence-electron chi connectivity index (χ3n) is 4.10. The van der Waals surface area contributed by atoms with Gasteiger partial charge in [0.15, 0.2) is 0 Å². The zero-order valence-corrected chi connectivity index (χ0v) is 13.5. The Hall–Kier alpha value is -2.62. The van der Waals surface area contributed by atoms with Gasteiger partial charge in [0.2, 0.25) is 0 Å². The van der Waals surface area contributed by atoms with E-state index in [9.17, 15) is 10.5 Å². The molecule has 0 aromatic heterocycles. The van der Waals surface area contributed by atoms with E-state index < -0.39 is 10.8 Å². The fourth-order valence-corrected chi connectivity index (χ4v) is 2.43. The van der Waals surface area contributed by atoms with Crippen LogP contribution >= 0.6 is 0 Å². The third kappa shape index (κ3) is 3.77. The fraction of sp³-hybridized carbons (Fsp3) is 0.300. The smallest absolute Gasteiger partial charge is 0.103 e. The SMILES string of the molecule is CC(C#N)(COCC(C)(C#N)c1ccccc1)c1ccccc1. The summed E-state index contributed by atoms with van der Waals surface area (Å²) in [5.74, 6) is 0. The molecule has 0 fully saturated rings. The van der Waals surface area contributed by atoms with E-state index in [1.165, 1.54) is 0 Å². The highest BCUT2D eigenvalue weighted by Gasteiger charge is 2.31. The molecule has 2 aromatic carbocycles. The average molecular weight is 304 g/mol. The summed E-state index contributed by atoms with van der Waals surface area (Å²) >= 11 is 0. The van der Waals surface area contributed by atoms with Crippen molar-refractivity contribution in [3.05, 3.63) is 71.8 Å². The molecule has 0 bridgehead atoms. The highest BCUT2D eigenvalue weighted by Crippen LogP contribution is 2.27. The molecule has 3 heteroatoms. The molecule has 0 saturated carbocycles. The van der Waals surface area contributed by atoms with Crippen LogP contribution < -0.4 is 0 Å². The second-order valence-electron chi connectivity index (χ2n) is 6.11. The summed E-state index contributed by atoms with van der Waals surface area (Å²) in [5.41, 5.74) is 0.379. The van der Waals surface area contributed by atoms with Gasteiger partial charge in [-0.15, -0.1) is 0 Å². The third-order valence-corrected chi connectivity index (χ3v) is 4.10. The van der Waals surface area contributed by atoms with Gasteiger partial charge in [-0.1, -0.05) is 60.7 Å². The Labute approximate surface area is 137 Å². The van der Waals surface area contributed by atoms with Crippen LogP contribution in [0.2, 0.25) is 0 Å². The van der Waals surface area contributed by atoms with Crippen LogP contribution in [0.4, 0.5) is 0 Å². The Bertz CT molecular complexity index is 651. The molecule has 0 N–H and O–H groups in total. The Morgan fingerprint density at radius 2 is 1.09 bits per heavy atom. The van der Waals surface area contributed by atoms with Gasteiger partial charge in [0, 0.05) is 0 Å². The summed E-state index contributed by atoms with van der Waals surface area (Å²) in [4.78, 5) is 0. The molecule has 0 aliphatic rings. The van der Waals surface area contributed by atoms with E-state index in [1.54, 1.807) is 0 Å². The molecule has 0 saturated heterocycles. The van der Waals surface area contributed by atoms with E-state index >= 15 is 0 Å². The summed E-state index contributed by atoms with van der Waals surface area (Å²) in [6.07, 6.45) is 0. The standard InChI is InChI=1S/C20H20N2O/c1-19(13-21,17-9-5-3-6-10-17)15-23-16-20(2,14-22)18-11-7-4-8-12-18/h3-12H,15-16H2,1-2H3.